The number of ether oxygens (including phenoxy) is 1. The fourth-order valence-corrected chi connectivity index (χ4v) is 4.35. The normalized spacial score (nSPS) is 19.6. The number of allylic oxidation sites excluding steroid dienone is 1. The van der Waals surface area contributed by atoms with Crippen LogP contribution in [-0.2, 0) is 9.59 Å². The van der Waals surface area contributed by atoms with Gasteiger partial charge in [0.2, 0.25) is 11.8 Å². The molecule has 1 aromatic carbocycles. The van der Waals surface area contributed by atoms with Crippen LogP contribution in [0.15, 0.2) is 34.9 Å². The third-order valence-electron chi connectivity index (χ3n) is 4.75. The van der Waals surface area contributed by atoms with E-state index in [1.54, 1.807) is 0 Å². The molecule has 2 aliphatic rings. The molecule has 1 saturated heterocycles. The van der Waals surface area contributed by atoms with Gasteiger partial charge in [-0.3, -0.25) is 9.59 Å². The Kier molecular flexibility index (Phi) is 6.40. The van der Waals surface area contributed by atoms with Crippen LogP contribution in [0.2, 0.25) is 0 Å². The Labute approximate surface area is 163 Å². The second kappa shape index (κ2) is 8.96. The quantitative estimate of drug-likeness (QED) is 0.814. The molecule has 1 fully saturated rings. The minimum atomic E-state index is -0.302. The Hall–Kier alpha value is -2.46. The lowest BCUT2D eigenvalue weighted by Gasteiger charge is -2.25. The Morgan fingerprint density at radius 3 is 2.67 bits per heavy atom. The molecule has 1 N–H and O–H groups in total. The second-order valence-corrected chi connectivity index (χ2v) is 7.52. The number of amides is 2. The van der Waals surface area contributed by atoms with Gasteiger partial charge in [0, 0.05) is 25.4 Å². The van der Waals surface area contributed by atoms with Crippen LogP contribution in [0.1, 0.15) is 37.7 Å². The average molecular weight is 385 g/mol. The van der Waals surface area contributed by atoms with E-state index in [0.717, 1.165) is 37.2 Å². The molecule has 6 nitrogen and oxygen atoms in total. The highest BCUT2D eigenvalue weighted by Gasteiger charge is 2.30. The summed E-state index contributed by atoms with van der Waals surface area (Å²) in [5.41, 5.74) is 1.41. The summed E-state index contributed by atoms with van der Waals surface area (Å²) in [6, 6.07) is 9.73. The van der Waals surface area contributed by atoms with Gasteiger partial charge in [0.05, 0.1) is 29.0 Å². The predicted octanol–water partition coefficient (Wildman–Crippen LogP) is 2.78. The van der Waals surface area contributed by atoms with E-state index in [1.165, 1.54) is 11.8 Å². The molecule has 0 spiro atoms. The summed E-state index contributed by atoms with van der Waals surface area (Å²) in [6.45, 7) is 4.10. The first-order chi connectivity index (χ1) is 13.1. The predicted molar refractivity (Wildman–Crippen MR) is 104 cm³/mol. The van der Waals surface area contributed by atoms with Gasteiger partial charge in [-0.05, 0) is 37.5 Å². The van der Waals surface area contributed by atoms with Crippen molar-refractivity contribution in [2.75, 3.05) is 25.4 Å². The third-order valence-corrected chi connectivity index (χ3v) is 5.75. The largest absolute Gasteiger partial charge is 0.494 e. The maximum absolute atomic E-state index is 12.3. The molecule has 3 rings (SSSR count). The van der Waals surface area contributed by atoms with Gasteiger partial charge in [0.15, 0.2) is 0 Å². The van der Waals surface area contributed by atoms with Gasteiger partial charge in [-0.2, -0.15) is 5.26 Å². The molecule has 2 heterocycles. The second-order valence-electron chi connectivity index (χ2n) is 6.54. The van der Waals surface area contributed by atoms with Gasteiger partial charge < -0.3 is 15.0 Å². The van der Waals surface area contributed by atoms with Gasteiger partial charge in [-0.1, -0.05) is 23.9 Å². The van der Waals surface area contributed by atoms with Crippen LogP contribution < -0.4 is 10.1 Å². The van der Waals surface area contributed by atoms with Crippen LogP contribution in [0.3, 0.4) is 0 Å². The fraction of sp³-hybridized carbons (Fsp3) is 0.450. The summed E-state index contributed by atoms with van der Waals surface area (Å²) in [5.74, 6) is 0.610. The van der Waals surface area contributed by atoms with Crippen molar-refractivity contribution in [3.63, 3.8) is 0 Å². The van der Waals surface area contributed by atoms with Crippen molar-refractivity contribution in [1.82, 2.24) is 10.2 Å². The summed E-state index contributed by atoms with van der Waals surface area (Å²) in [4.78, 5) is 26.3. The van der Waals surface area contributed by atoms with Crippen molar-refractivity contribution in [2.24, 2.45) is 0 Å². The van der Waals surface area contributed by atoms with Crippen LogP contribution in [0.5, 0.6) is 5.75 Å². The number of rotatable bonds is 6. The number of carbonyl (C=O) groups excluding carboxylic acids is 2. The number of hydrogen-bond donors (Lipinski definition) is 1. The van der Waals surface area contributed by atoms with E-state index in [9.17, 15) is 14.9 Å². The Morgan fingerprint density at radius 2 is 2.04 bits per heavy atom. The molecule has 7 heteroatoms. The van der Waals surface area contributed by atoms with Crippen molar-refractivity contribution >= 4 is 23.6 Å². The van der Waals surface area contributed by atoms with Crippen LogP contribution in [0, 0.1) is 11.3 Å². The van der Waals surface area contributed by atoms with Gasteiger partial charge in [-0.15, -0.1) is 0 Å². The Bertz CT molecular complexity index is 777. The smallest absolute Gasteiger partial charge is 0.232 e. The summed E-state index contributed by atoms with van der Waals surface area (Å²) >= 11 is 1.25. The highest BCUT2D eigenvalue weighted by molar-refractivity contribution is 8.03. The van der Waals surface area contributed by atoms with Gasteiger partial charge in [-0.25, -0.2) is 0 Å². The first-order valence-electron chi connectivity index (χ1n) is 9.19. The topological polar surface area (TPSA) is 82.4 Å². The molecule has 0 saturated carbocycles. The number of benzene rings is 1. The van der Waals surface area contributed by atoms with E-state index < -0.39 is 0 Å². The van der Waals surface area contributed by atoms with Crippen LogP contribution in [-0.4, -0.2) is 42.2 Å². The molecule has 0 unspecified atom stereocenters. The standard InChI is InChI=1S/C20H23N3O3S/c1-2-26-15-7-5-14(6-8-15)16-11-18(24)22-20(17(16)12-21)27-13-19(25)23-9-3-4-10-23/h5-8,16H,2-4,9-11,13H2,1H3,(H,22,24)/t16-/m0/s1. The average Bonchev–Trinajstić information content (AvgIpc) is 3.21. The molecule has 2 aliphatic heterocycles. The lowest BCUT2D eigenvalue weighted by Crippen LogP contribution is -2.33. The first-order valence-corrected chi connectivity index (χ1v) is 10.2. The fourth-order valence-electron chi connectivity index (χ4n) is 3.37. The monoisotopic (exact) mass is 385 g/mol. The van der Waals surface area contributed by atoms with E-state index >= 15 is 0 Å². The molecule has 0 aromatic heterocycles. The number of nitrogens with one attached hydrogen (secondary N) is 1. The van der Waals surface area contributed by atoms with E-state index in [2.05, 4.69) is 11.4 Å². The highest BCUT2D eigenvalue weighted by atomic mass is 32.2. The molecular weight excluding hydrogens is 362 g/mol. The zero-order valence-corrected chi connectivity index (χ0v) is 16.2. The summed E-state index contributed by atoms with van der Waals surface area (Å²) in [7, 11) is 0. The molecule has 1 aromatic rings. The molecule has 0 bridgehead atoms. The van der Waals surface area contributed by atoms with Crippen LogP contribution in [0.25, 0.3) is 0 Å². The Morgan fingerprint density at radius 1 is 1.33 bits per heavy atom. The first kappa shape index (κ1) is 19.3. The molecule has 2 amide bonds. The van der Waals surface area contributed by atoms with Gasteiger partial charge >= 0.3 is 0 Å². The molecule has 142 valence electrons. The number of thioether (sulfide) groups is 1. The van der Waals surface area contributed by atoms with Crippen LogP contribution >= 0.6 is 11.8 Å². The summed E-state index contributed by atoms with van der Waals surface area (Å²) < 4.78 is 5.45. The van der Waals surface area contributed by atoms with Crippen molar-refractivity contribution in [3.05, 3.63) is 40.4 Å². The summed E-state index contributed by atoms with van der Waals surface area (Å²) in [6.07, 6.45) is 2.30. The Balaban J connectivity index is 1.77. The number of nitriles is 1. The van der Waals surface area contributed by atoms with Crippen molar-refractivity contribution < 1.29 is 14.3 Å². The van der Waals surface area contributed by atoms with E-state index in [4.69, 9.17) is 4.74 Å². The lowest BCUT2D eigenvalue weighted by atomic mass is 9.87. The zero-order valence-electron chi connectivity index (χ0n) is 15.4. The number of likely N-dealkylation sites (tertiary alicyclic amines) is 1. The van der Waals surface area contributed by atoms with Crippen molar-refractivity contribution in [1.29, 1.82) is 5.26 Å². The van der Waals surface area contributed by atoms with Crippen LogP contribution in [0.4, 0.5) is 0 Å². The third kappa shape index (κ3) is 4.64. The van der Waals surface area contributed by atoms with Crippen molar-refractivity contribution in [2.45, 2.75) is 32.1 Å². The lowest BCUT2D eigenvalue weighted by molar-refractivity contribution is -0.127. The SMILES string of the molecule is CCOc1ccc([C@@H]2CC(=O)NC(SCC(=O)N3CCCC3)=C2C#N)cc1. The minimum Gasteiger partial charge on any atom is -0.494 e. The van der Waals surface area contributed by atoms with Crippen molar-refractivity contribution in [3.8, 4) is 11.8 Å². The van der Waals surface area contributed by atoms with E-state index in [1.807, 2.05) is 36.1 Å². The summed E-state index contributed by atoms with van der Waals surface area (Å²) in [5, 5.41) is 13.0. The number of hydrogen-bond acceptors (Lipinski definition) is 5. The molecule has 0 aliphatic carbocycles. The van der Waals surface area contributed by atoms with Gasteiger partial charge in [0.1, 0.15) is 5.75 Å². The molecular formula is C20H23N3O3S. The number of nitrogens with zero attached hydrogens (tertiary/aromatic N) is 2. The molecule has 0 radical (unpaired) electrons. The van der Waals surface area contributed by atoms with E-state index in [0.29, 0.717) is 17.2 Å². The maximum atomic E-state index is 12.3. The maximum Gasteiger partial charge on any atom is 0.232 e. The number of carbonyl (C=O) groups is 2. The molecule has 27 heavy (non-hydrogen) atoms. The highest BCUT2D eigenvalue weighted by Crippen LogP contribution is 2.36. The van der Waals surface area contributed by atoms with E-state index in [-0.39, 0.29) is 29.9 Å². The minimum absolute atomic E-state index is 0.0553. The molecule has 1 atom stereocenters. The zero-order chi connectivity index (χ0) is 19.2. The van der Waals surface area contributed by atoms with Gasteiger partial charge in [0.25, 0.3) is 0 Å².